The maximum Gasteiger partial charge on any atom is 0.397 e. The van der Waals surface area contributed by atoms with E-state index in [-0.39, 0.29) is 123 Å². The quantitative estimate of drug-likeness (QED) is 0.0197. The molecule has 0 radical (unpaired) electrons. The molecule has 14 N–H and O–H groups in total. The average molecular weight is 1520 g/mol. The Labute approximate surface area is 581 Å². The molecule has 0 bridgehead atoms. The van der Waals surface area contributed by atoms with Crippen LogP contribution in [0.3, 0.4) is 0 Å². The lowest BCUT2D eigenvalue weighted by atomic mass is 10.0. The van der Waals surface area contributed by atoms with Crippen LogP contribution in [0.25, 0.3) is 21.5 Å². The van der Waals surface area contributed by atoms with Gasteiger partial charge in [0, 0.05) is 27.8 Å². The van der Waals surface area contributed by atoms with Gasteiger partial charge >= 0.3 is 22.5 Å². The Balaban J connectivity index is 0.939. The number of rotatable bonds is 24. The predicted molar refractivity (Wildman–Crippen MR) is 369 cm³/mol. The van der Waals surface area contributed by atoms with Crippen molar-refractivity contribution in [2.24, 2.45) is 42.2 Å². The minimum atomic E-state index is -5.04. The van der Waals surface area contributed by atoms with Crippen LogP contribution in [-0.2, 0) is 54.8 Å². The number of amides is 4. The van der Waals surface area contributed by atoms with E-state index >= 15 is 0 Å². The topological polar surface area (TPSA) is 571 Å². The van der Waals surface area contributed by atoms with E-state index in [1.807, 2.05) is 0 Å². The number of nitrogens with zero attached hydrogens (tertiary/aromatic N) is 12. The van der Waals surface area contributed by atoms with E-state index in [0.717, 1.165) is 18.2 Å². The van der Waals surface area contributed by atoms with Crippen LogP contribution in [-0.4, -0.2) is 115 Å². The van der Waals surface area contributed by atoms with Crippen LogP contribution < -0.4 is 43.4 Å². The summed E-state index contributed by atoms with van der Waals surface area (Å²) in [7, 11) is -23.6. The number of carbonyl (C=O) groups is 2. The van der Waals surface area contributed by atoms with Crippen molar-refractivity contribution < 1.29 is 74.1 Å². The van der Waals surface area contributed by atoms with Crippen LogP contribution in [0.15, 0.2) is 178 Å². The number of nitrogens with one attached hydrogen (secondary N) is 6. The summed E-state index contributed by atoms with van der Waals surface area (Å²) >= 11 is 12.9. The Bertz CT molecular complexity index is 5770. The number of carbonyl (C=O) groups excluding carboxylic acids is 2. The van der Waals surface area contributed by atoms with E-state index in [2.05, 4.69) is 96.7 Å². The first-order valence-corrected chi connectivity index (χ1v) is 36.2. The molecule has 4 amide bonds. The van der Waals surface area contributed by atoms with Gasteiger partial charge in [0.2, 0.25) is 34.4 Å². The highest BCUT2D eigenvalue weighted by atomic mass is 35.5. The molecule has 0 aliphatic rings. The summed E-state index contributed by atoms with van der Waals surface area (Å²) in [4.78, 5) is 48.2. The fraction of sp³-hybridized carbons (Fsp3) is 0.0877. The van der Waals surface area contributed by atoms with Crippen LogP contribution in [0.2, 0.25) is 10.6 Å². The van der Waals surface area contributed by atoms with Crippen LogP contribution in [0, 0.1) is 20.8 Å². The first kappa shape index (κ1) is 72.7. The highest BCUT2D eigenvalue weighted by molar-refractivity contribution is 7.91. The fourth-order valence-corrected chi connectivity index (χ4v) is 13.5. The van der Waals surface area contributed by atoms with Gasteiger partial charge in [-0.25, -0.2) is 22.2 Å². The van der Waals surface area contributed by atoms with Crippen molar-refractivity contribution in [1.82, 2.24) is 29.9 Å². The Hall–Kier alpha value is -11.0. The smallest absolute Gasteiger partial charge is 0.351 e. The highest BCUT2D eigenvalue weighted by Gasteiger charge is 2.24. The summed E-state index contributed by atoms with van der Waals surface area (Å²) < 4.78 is 165. The molecule has 0 saturated heterocycles. The van der Waals surface area contributed by atoms with Crippen molar-refractivity contribution in [3.05, 3.63) is 155 Å². The molecule has 0 fully saturated rings. The van der Waals surface area contributed by atoms with Gasteiger partial charge in [-0.05, 0) is 187 Å². The molecule has 0 aliphatic carbocycles. The molecule has 522 valence electrons. The lowest BCUT2D eigenvalue weighted by molar-refractivity contribution is 0.258. The van der Waals surface area contributed by atoms with Crippen LogP contribution in [0.5, 0.6) is 0 Å². The monoisotopic (exact) mass is 1510 g/mol. The molecule has 0 saturated carbocycles. The van der Waals surface area contributed by atoms with Crippen molar-refractivity contribution >= 4 is 199 Å². The van der Waals surface area contributed by atoms with Crippen molar-refractivity contribution in [2.75, 3.05) is 44.3 Å². The fourth-order valence-electron chi connectivity index (χ4n) is 9.45. The number of hydrogen-bond acceptors (Lipinski definition) is 29. The number of anilines is 10. The minimum absolute atomic E-state index is 0.00668. The number of primary amides is 2. The number of aryl methyl sites for hydroxylation is 3. The van der Waals surface area contributed by atoms with Gasteiger partial charge in [-0.15, -0.1) is 20.5 Å². The molecule has 37 nitrogen and oxygen atoms in total. The second-order valence-corrected chi connectivity index (χ2v) is 29.2. The number of nitrogens with two attached hydrogens (primary N) is 2. The van der Waals surface area contributed by atoms with Gasteiger partial charge < -0.3 is 43.4 Å². The third-order valence-corrected chi connectivity index (χ3v) is 18.8. The van der Waals surface area contributed by atoms with E-state index in [0.29, 0.717) is 22.1 Å². The Morgan fingerprint density at radius 3 is 1.29 bits per heavy atom. The second kappa shape index (κ2) is 29.0. The highest BCUT2D eigenvalue weighted by Crippen LogP contribution is 2.40. The molecule has 0 aliphatic heterocycles. The Morgan fingerprint density at radius 2 is 0.842 bits per heavy atom. The van der Waals surface area contributed by atoms with Crippen molar-refractivity contribution in [1.29, 1.82) is 0 Å². The first-order valence-electron chi connectivity index (χ1n) is 28.1. The molecular formula is C57H48Cl2N20O17S5. The minimum Gasteiger partial charge on any atom is -0.351 e. The van der Waals surface area contributed by atoms with Crippen LogP contribution >= 0.6 is 23.2 Å². The molecule has 8 aromatic carbocycles. The number of urea groups is 2. The predicted octanol–water partition coefficient (Wildman–Crippen LogP) is 12.1. The van der Waals surface area contributed by atoms with Gasteiger partial charge in [-0.2, -0.15) is 73.8 Å². The summed E-state index contributed by atoms with van der Waals surface area (Å²) in [6, 6.07) is 26.2. The normalized spacial score (nSPS) is 12.4. The number of fused-ring (bicyclic) bond motifs is 2. The number of hydrogen-bond donors (Lipinski definition) is 12. The molecule has 10 aromatic rings. The third-order valence-electron chi connectivity index (χ3n) is 13.7. The summed E-state index contributed by atoms with van der Waals surface area (Å²) in [5.74, 6) is -1.60. The number of benzene rings is 8. The van der Waals surface area contributed by atoms with Gasteiger partial charge in [-0.3, -0.25) is 18.2 Å². The summed E-state index contributed by atoms with van der Waals surface area (Å²) in [5.41, 5.74) is 12.8. The zero-order chi connectivity index (χ0) is 73.1. The van der Waals surface area contributed by atoms with E-state index in [9.17, 15) is 65.3 Å². The van der Waals surface area contributed by atoms with E-state index in [1.54, 1.807) is 26.0 Å². The number of azo groups is 3. The second-order valence-electron chi connectivity index (χ2n) is 21.2. The van der Waals surface area contributed by atoms with Crippen molar-refractivity contribution in [2.45, 2.75) is 40.4 Å². The zero-order valence-corrected chi connectivity index (χ0v) is 57.0. The number of aromatic nitrogens is 6. The third kappa shape index (κ3) is 18.8. The first-order chi connectivity index (χ1) is 47.4. The van der Waals surface area contributed by atoms with Crippen LogP contribution in [0.1, 0.15) is 16.7 Å². The van der Waals surface area contributed by atoms with Gasteiger partial charge in [0.15, 0.2) is 9.84 Å². The molecule has 0 atom stereocenters. The van der Waals surface area contributed by atoms with Crippen molar-refractivity contribution in [3.8, 4) is 0 Å². The van der Waals surface area contributed by atoms with Crippen LogP contribution in [0.4, 0.5) is 102 Å². The lowest BCUT2D eigenvalue weighted by Crippen LogP contribution is -2.19. The van der Waals surface area contributed by atoms with Gasteiger partial charge in [-0.1, -0.05) is 12.1 Å². The largest absolute Gasteiger partial charge is 0.397 e. The lowest BCUT2D eigenvalue weighted by Gasteiger charge is -2.13. The van der Waals surface area contributed by atoms with Gasteiger partial charge in [0.25, 0.3) is 30.4 Å². The summed E-state index contributed by atoms with van der Waals surface area (Å²) in [6.07, 6.45) is 0. The molecule has 2 aromatic heterocycles. The molecule has 10 rings (SSSR count). The van der Waals surface area contributed by atoms with E-state index in [4.69, 9.17) is 39.2 Å². The zero-order valence-electron chi connectivity index (χ0n) is 51.5. The Morgan fingerprint density at radius 1 is 0.446 bits per heavy atom. The maximum absolute atomic E-state index is 12.9. The maximum atomic E-state index is 12.9. The molecular weight excluding hydrogens is 1470 g/mol. The molecule has 0 unspecified atom stereocenters. The van der Waals surface area contributed by atoms with E-state index < -0.39 is 90.5 Å². The SMILES string of the molecule is Cc1cc(S(=O)(=O)O)c2cc(N=Nc3ccc(Nc4nc(Cl)nc(Nc5cc(Nc6nc(Cl)nc(Nc7ccc(N=Nc8cc9c(S(=O)(=O)O)cc(C)cc9cc8S(=O)(=O)O)c(NC(N)=O)c7)n6)ccc5N=Nc5ccc(S(=O)(=O)CCOS(=O)(=O)O)cc5)n4)cc3NC(N)=O)c(C)cc2c1. The molecule has 2 heterocycles. The average Bonchev–Trinajstić information content (AvgIpc) is 0.770. The van der Waals surface area contributed by atoms with Crippen molar-refractivity contribution in [3.63, 3.8) is 0 Å². The Kier molecular flexibility index (Phi) is 20.9. The molecule has 101 heavy (non-hydrogen) atoms. The summed E-state index contributed by atoms with van der Waals surface area (Å²) in [5, 5.41) is 41.7. The standard InChI is InChI=1S/C57H48Cl2N20O17S5/c1-27-16-30-20-29(3)42(25-37(30)47(18-27)98(84,85)86)78-76-39-11-6-34(22-43(39)65-52(60)80)63-56-70-51(59)71-57(73-56)67-45-24-35(8-13-41(45)75-74-32-4-9-36(10-5-32)97(82,83)15-14-96-101(93,94)95)64-55-69-50(58)68-54(72-55)62-33-7-12-40(44(23-33)66-53(61)81)77-79-46-26-38-31(21-49(46)100(90,91)92)17-28(2)19-48(38)99(87,88)89/h4-13,16-26H,14-15H2,1-3H3,(H3,60,65,80)(H3,61,66,81)(H,84,85,86)(H,87,88,89)(H,90,91,92)(H,93,94,95)(H2,62,64,68,69,72)(H2,63,67,70,71,73). The summed E-state index contributed by atoms with van der Waals surface area (Å²) in [6.45, 7) is 4.01. The number of sulfone groups is 1. The van der Waals surface area contributed by atoms with Gasteiger partial charge in [0.05, 0.1) is 45.7 Å². The van der Waals surface area contributed by atoms with Gasteiger partial charge in [0.1, 0.15) is 37.4 Å². The number of halogens is 2. The van der Waals surface area contributed by atoms with E-state index in [1.165, 1.54) is 104 Å². The molecule has 0 spiro atoms. The molecule has 44 heteroatoms.